The van der Waals surface area contributed by atoms with Gasteiger partial charge in [-0.2, -0.15) is 0 Å². The highest BCUT2D eigenvalue weighted by Gasteiger charge is 2.14. The van der Waals surface area contributed by atoms with Gasteiger partial charge in [-0.15, -0.1) is 0 Å². The smallest absolute Gasteiger partial charge is 0.261 e. The average Bonchev–Trinajstić information content (AvgIpc) is 2.78. The van der Waals surface area contributed by atoms with Crippen LogP contribution in [-0.4, -0.2) is 28.5 Å². The number of rotatable bonds is 9. The molecule has 0 unspecified atom stereocenters. The van der Waals surface area contributed by atoms with Crippen molar-refractivity contribution in [1.29, 1.82) is 0 Å². The SMILES string of the molecule is COc1cccc(CCC(=O)Nc2ccc(NS(=O)(=O)c3ccc(C)cc3)cc2)c1OC. The number of anilines is 2. The van der Waals surface area contributed by atoms with E-state index in [1.807, 2.05) is 19.1 Å². The van der Waals surface area contributed by atoms with Crippen LogP contribution in [0.25, 0.3) is 0 Å². The summed E-state index contributed by atoms with van der Waals surface area (Å²) in [5.41, 5.74) is 2.84. The number of carbonyl (C=O) groups is 1. The molecule has 0 atom stereocenters. The summed E-state index contributed by atoms with van der Waals surface area (Å²) in [6.07, 6.45) is 0.742. The van der Waals surface area contributed by atoms with Gasteiger partial charge < -0.3 is 14.8 Å². The van der Waals surface area contributed by atoms with Gasteiger partial charge in [0, 0.05) is 17.8 Å². The minimum Gasteiger partial charge on any atom is -0.493 e. The van der Waals surface area contributed by atoms with Crippen molar-refractivity contribution in [2.45, 2.75) is 24.7 Å². The molecule has 0 saturated carbocycles. The molecule has 0 spiro atoms. The average molecular weight is 455 g/mol. The molecule has 0 saturated heterocycles. The lowest BCUT2D eigenvalue weighted by Crippen LogP contribution is -2.14. The fourth-order valence-electron chi connectivity index (χ4n) is 3.18. The van der Waals surface area contributed by atoms with Gasteiger partial charge in [0.05, 0.1) is 19.1 Å². The predicted octanol–water partition coefficient (Wildman–Crippen LogP) is 4.38. The molecule has 0 heterocycles. The Balaban J connectivity index is 1.59. The first-order valence-electron chi connectivity index (χ1n) is 10.0. The number of aryl methyl sites for hydroxylation is 2. The number of nitrogens with one attached hydrogen (secondary N) is 2. The van der Waals surface area contributed by atoms with Gasteiger partial charge >= 0.3 is 0 Å². The second-order valence-electron chi connectivity index (χ2n) is 7.20. The fraction of sp³-hybridized carbons (Fsp3) is 0.208. The number of hydrogen-bond acceptors (Lipinski definition) is 5. The van der Waals surface area contributed by atoms with Gasteiger partial charge in [0.25, 0.3) is 10.0 Å². The first kappa shape index (κ1) is 23.1. The van der Waals surface area contributed by atoms with Crippen LogP contribution in [0.1, 0.15) is 17.5 Å². The van der Waals surface area contributed by atoms with Gasteiger partial charge in [-0.3, -0.25) is 9.52 Å². The first-order chi connectivity index (χ1) is 15.3. The molecule has 3 aromatic rings. The van der Waals surface area contributed by atoms with E-state index in [2.05, 4.69) is 10.0 Å². The van der Waals surface area contributed by atoms with Gasteiger partial charge in [0.15, 0.2) is 11.5 Å². The van der Waals surface area contributed by atoms with Crippen molar-refractivity contribution < 1.29 is 22.7 Å². The van der Waals surface area contributed by atoms with Crippen molar-refractivity contribution in [1.82, 2.24) is 0 Å². The molecular formula is C24H26N2O5S. The Morgan fingerprint density at radius 2 is 1.53 bits per heavy atom. The summed E-state index contributed by atoms with van der Waals surface area (Å²) in [6.45, 7) is 1.89. The topological polar surface area (TPSA) is 93.7 Å². The van der Waals surface area contributed by atoms with Gasteiger partial charge in [-0.1, -0.05) is 29.8 Å². The third-order valence-electron chi connectivity index (χ3n) is 4.86. The molecule has 0 fully saturated rings. The van der Waals surface area contributed by atoms with Gasteiger partial charge in [0.2, 0.25) is 5.91 Å². The van der Waals surface area contributed by atoms with E-state index in [-0.39, 0.29) is 17.2 Å². The molecule has 1 amide bonds. The maximum Gasteiger partial charge on any atom is 0.261 e. The third-order valence-corrected chi connectivity index (χ3v) is 6.26. The summed E-state index contributed by atoms with van der Waals surface area (Å²) in [4.78, 5) is 12.6. The number of ether oxygens (including phenoxy) is 2. The highest BCUT2D eigenvalue weighted by atomic mass is 32.2. The van der Waals surface area contributed by atoms with Crippen LogP contribution in [0.2, 0.25) is 0 Å². The molecule has 3 aromatic carbocycles. The Morgan fingerprint density at radius 1 is 0.875 bits per heavy atom. The van der Waals surface area contributed by atoms with Crippen LogP contribution in [0.4, 0.5) is 11.4 Å². The molecule has 0 radical (unpaired) electrons. The minimum absolute atomic E-state index is 0.164. The predicted molar refractivity (Wildman–Crippen MR) is 125 cm³/mol. The lowest BCUT2D eigenvalue weighted by atomic mass is 10.1. The van der Waals surface area contributed by atoms with Crippen LogP contribution >= 0.6 is 0 Å². The number of amides is 1. The van der Waals surface area contributed by atoms with Crippen LogP contribution < -0.4 is 19.5 Å². The van der Waals surface area contributed by atoms with E-state index in [1.165, 1.54) is 0 Å². The molecule has 0 aromatic heterocycles. The molecule has 0 bridgehead atoms. The second-order valence-corrected chi connectivity index (χ2v) is 8.88. The molecule has 32 heavy (non-hydrogen) atoms. The molecule has 0 aliphatic rings. The first-order valence-corrected chi connectivity index (χ1v) is 11.5. The van der Waals surface area contributed by atoms with E-state index in [1.54, 1.807) is 68.8 Å². The summed E-state index contributed by atoms with van der Waals surface area (Å²) >= 11 is 0. The Morgan fingerprint density at radius 3 is 2.16 bits per heavy atom. The van der Waals surface area contributed by atoms with E-state index in [9.17, 15) is 13.2 Å². The molecule has 8 heteroatoms. The minimum atomic E-state index is -3.68. The molecule has 0 aliphatic carbocycles. The van der Waals surface area contributed by atoms with Crippen molar-refractivity contribution in [2.75, 3.05) is 24.3 Å². The van der Waals surface area contributed by atoms with Gasteiger partial charge in [0.1, 0.15) is 0 Å². The lowest BCUT2D eigenvalue weighted by Gasteiger charge is -2.12. The van der Waals surface area contributed by atoms with Crippen molar-refractivity contribution in [2.24, 2.45) is 0 Å². The number of benzene rings is 3. The zero-order chi connectivity index (χ0) is 23.1. The summed E-state index contributed by atoms with van der Waals surface area (Å²) in [7, 11) is -0.543. The summed E-state index contributed by atoms with van der Waals surface area (Å²) in [6, 6.07) is 18.7. The number of para-hydroxylation sites is 1. The zero-order valence-corrected chi connectivity index (χ0v) is 19.0. The maximum absolute atomic E-state index is 12.5. The maximum atomic E-state index is 12.5. The van der Waals surface area contributed by atoms with Crippen LogP contribution in [0.5, 0.6) is 11.5 Å². The van der Waals surface area contributed by atoms with Crippen molar-refractivity contribution >= 4 is 27.3 Å². The Kier molecular flexibility index (Phi) is 7.37. The van der Waals surface area contributed by atoms with E-state index in [0.717, 1.165) is 11.1 Å². The van der Waals surface area contributed by atoms with Gasteiger partial charge in [-0.05, 0) is 61.4 Å². The van der Waals surface area contributed by atoms with E-state index in [0.29, 0.717) is 29.3 Å². The van der Waals surface area contributed by atoms with Crippen molar-refractivity contribution in [3.63, 3.8) is 0 Å². The molecule has 7 nitrogen and oxygen atoms in total. The number of carbonyl (C=O) groups excluding carboxylic acids is 1. The lowest BCUT2D eigenvalue weighted by molar-refractivity contribution is -0.116. The monoisotopic (exact) mass is 454 g/mol. The molecule has 0 aliphatic heterocycles. The zero-order valence-electron chi connectivity index (χ0n) is 18.2. The quantitative estimate of drug-likeness (QED) is 0.500. The number of hydrogen-bond donors (Lipinski definition) is 2. The third kappa shape index (κ3) is 5.79. The largest absolute Gasteiger partial charge is 0.493 e. The van der Waals surface area contributed by atoms with Crippen LogP contribution in [0.15, 0.2) is 71.6 Å². The van der Waals surface area contributed by atoms with Gasteiger partial charge in [-0.25, -0.2) is 8.42 Å². The summed E-state index contributed by atoms with van der Waals surface area (Å²) in [5.74, 6) is 1.07. The van der Waals surface area contributed by atoms with Crippen LogP contribution in [0.3, 0.4) is 0 Å². The second kappa shape index (κ2) is 10.2. The standard InChI is InChI=1S/C24H26N2O5S/c1-17-7-14-21(15-8-17)32(28,29)26-20-12-10-19(11-13-20)25-23(27)16-9-18-5-4-6-22(30-2)24(18)31-3/h4-8,10-15,26H,9,16H2,1-3H3,(H,25,27). The summed E-state index contributed by atoms with van der Waals surface area (Å²) in [5, 5.41) is 2.82. The Hall–Kier alpha value is -3.52. The normalized spacial score (nSPS) is 11.0. The van der Waals surface area contributed by atoms with E-state index in [4.69, 9.17) is 9.47 Å². The van der Waals surface area contributed by atoms with Crippen LogP contribution in [-0.2, 0) is 21.2 Å². The Bertz CT molecular complexity index is 1170. The van der Waals surface area contributed by atoms with E-state index >= 15 is 0 Å². The molecule has 3 rings (SSSR count). The number of sulfonamides is 1. The van der Waals surface area contributed by atoms with Crippen molar-refractivity contribution in [3.05, 3.63) is 77.9 Å². The molecule has 2 N–H and O–H groups in total. The highest BCUT2D eigenvalue weighted by Crippen LogP contribution is 2.31. The highest BCUT2D eigenvalue weighted by molar-refractivity contribution is 7.92. The van der Waals surface area contributed by atoms with Crippen LogP contribution in [0, 0.1) is 6.92 Å². The fourth-order valence-corrected chi connectivity index (χ4v) is 4.23. The summed E-state index contributed by atoms with van der Waals surface area (Å²) < 4.78 is 38.2. The number of methoxy groups -OCH3 is 2. The Labute approximate surface area is 188 Å². The molecule has 168 valence electrons. The molecular weight excluding hydrogens is 428 g/mol. The van der Waals surface area contributed by atoms with E-state index < -0.39 is 10.0 Å². The van der Waals surface area contributed by atoms with Crippen molar-refractivity contribution in [3.8, 4) is 11.5 Å².